The number of carbonyl (C=O) groups excluding carboxylic acids is 2. The predicted octanol–water partition coefficient (Wildman–Crippen LogP) is 2.19. The van der Waals surface area contributed by atoms with Crippen molar-refractivity contribution in [1.29, 1.82) is 0 Å². The molecule has 1 heterocycles. The number of carbonyl (C=O) groups is 2. The minimum absolute atomic E-state index is 0.0398. The lowest BCUT2D eigenvalue weighted by Gasteiger charge is -2.11. The highest BCUT2D eigenvalue weighted by Gasteiger charge is 2.15. The molecule has 0 N–H and O–H groups in total. The smallest absolute Gasteiger partial charge is 0.337 e. The van der Waals surface area contributed by atoms with Crippen LogP contribution in [0.5, 0.6) is 11.5 Å². The average molecular weight is 382 g/mol. The summed E-state index contributed by atoms with van der Waals surface area (Å²) in [4.78, 5) is 40.4. The monoisotopic (exact) mass is 382 g/mol. The molecule has 2 aromatic carbocycles. The van der Waals surface area contributed by atoms with Crippen molar-refractivity contribution in [3.63, 3.8) is 0 Å². The van der Waals surface area contributed by atoms with Crippen LogP contribution in [0.3, 0.4) is 0 Å². The molecule has 1 aromatic heterocycles. The molecule has 0 saturated heterocycles. The number of fused-ring (bicyclic) bond motifs is 1. The Labute approximate surface area is 160 Å². The highest BCUT2D eigenvalue weighted by atomic mass is 16.6. The van der Waals surface area contributed by atoms with E-state index in [9.17, 15) is 14.4 Å². The van der Waals surface area contributed by atoms with Gasteiger partial charge in [-0.3, -0.25) is 14.2 Å². The van der Waals surface area contributed by atoms with Crippen molar-refractivity contribution in [3.8, 4) is 11.5 Å². The van der Waals surface area contributed by atoms with E-state index in [0.29, 0.717) is 10.9 Å². The maximum absolute atomic E-state index is 12.4. The summed E-state index contributed by atoms with van der Waals surface area (Å²) in [6, 6.07) is 11.3. The highest BCUT2D eigenvalue weighted by Crippen LogP contribution is 2.28. The van der Waals surface area contributed by atoms with E-state index in [1.807, 2.05) is 0 Å². The van der Waals surface area contributed by atoms with Crippen molar-refractivity contribution in [2.24, 2.45) is 0 Å². The van der Waals surface area contributed by atoms with Crippen LogP contribution in [0.15, 0.2) is 53.6 Å². The molecule has 0 bridgehead atoms. The summed E-state index contributed by atoms with van der Waals surface area (Å²) in [7, 11) is 2.67. The summed E-state index contributed by atoms with van der Waals surface area (Å²) in [5.74, 6) is -0.687. The zero-order valence-corrected chi connectivity index (χ0v) is 15.4. The maximum Gasteiger partial charge on any atom is 0.337 e. The van der Waals surface area contributed by atoms with Gasteiger partial charge >= 0.3 is 11.9 Å². The van der Waals surface area contributed by atoms with Crippen LogP contribution in [0.1, 0.15) is 16.8 Å². The number of esters is 2. The molecule has 0 atom stereocenters. The lowest BCUT2D eigenvalue weighted by Crippen LogP contribution is -2.23. The van der Waals surface area contributed by atoms with Gasteiger partial charge in [-0.2, -0.15) is 0 Å². The molecule has 8 heteroatoms. The number of benzene rings is 2. The Morgan fingerprint density at radius 3 is 2.61 bits per heavy atom. The molecule has 0 unspecified atom stereocenters. The summed E-state index contributed by atoms with van der Waals surface area (Å²) in [5, 5.41) is 0.485. The predicted molar refractivity (Wildman–Crippen MR) is 101 cm³/mol. The van der Waals surface area contributed by atoms with Crippen molar-refractivity contribution < 1.29 is 23.8 Å². The second-order valence-electron chi connectivity index (χ2n) is 5.84. The molecular weight excluding hydrogens is 364 g/mol. The third-order valence-corrected chi connectivity index (χ3v) is 4.10. The number of aromatic nitrogens is 2. The summed E-state index contributed by atoms with van der Waals surface area (Å²) >= 11 is 0. The van der Waals surface area contributed by atoms with Gasteiger partial charge in [0.2, 0.25) is 0 Å². The van der Waals surface area contributed by atoms with Crippen LogP contribution in [-0.4, -0.2) is 35.7 Å². The lowest BCUT2D eigenvalue weighted by molar-refractivity contribution is -0.134. The molecule has 0 fully saturated rings. The first-order valence-corrected chi connectivity index (χ1v) is 8.44. The van der Waals surface area contributed by atoms with Gasteiger partial charge in [-0.1, -0.05) is 12.1 Å². The van der Waals surface area contributed by atoms with Gasteiger partial charge in [-0.15, -0.1) is 0 Å². The van der Waals surface area contributed by atoms with Crippen LogP contribution >= 0.6 is 0 Å². The van der Waals surface area contributed by atoms with Crippen molar-refractivity contribution in [2.45, 2.75) is 13.0 Å². The summed E-state index contributed by atoms with van der Waals surface area (Å²) in [6.07, 6.45) is 1.37. The lowest BCUT2D eigenvalue weighted by atomic mass is 10.2. The van der Waals surface area contributed by atoms with E-state index >= 15 is 0 Å². The Morgan fingerprint density at radius 2 is 1.86 bits per heavy atom. The Bertz CT molecular complexity index is 1090. The largest absolute Gasteiger partial charge is 0.493 e. The van der Waals surface area contributed by atoms with Crippen LogP contribution in [0.4, 0.5) is 0 Å². The van der Waals surface area contributed by atoms with E-state index in [2.05, 4.69) is 9.72 Å². The van der Waals surface area contributed by atoms with Crippen molar-refractivity contribution in [3.05, 3.63) is 64.7 Å². The molecule has 0 spiro atoms. The van der Waals surface area contributed by atoms with E-state index in [-0.39, 0.29) is 35.6 Å². The van der Waals surface area contributed by atoms with Crippen LogP contribution in [0.25, 0.3) is 10.9 Å². The number of nitrogens with zero attached hydrogens (tertiary/aromatic N) is 2. The Morgan fingerprint density at radius 1 is 1.07 bits per heavy atom. The van der Waals surface area contributed by atoms with Gasteiger partial charge in [0.25, 0.3) is 5.56 Å². The molecule has 0 saturated carbocycles. The number of methoxy groups -OCH3 is 2. The number of ether oxygens (including phenoxy) is 3. The minimum atomic E-state index is -0.552. The molecule has 0 amide bonds. The fourth-order valence-corrected chi connectivity index (χ4v) is 2.65. The zero-order chi connectivity index (χ0) is 20.1. The fourth-order valence-electron chi connectivity index (χ4n) is 2.65. The normalized spacial score (nSPS) is 10.5. The molecule has 0 aliphatic carbocycles. The van der Waals surface area contributed by atoms with Gasteiger partial charge in [0.05, 0.1) is 43.4 Å². The molecule has 0 aliphatic heterocycles. The van der Waals surface area contributed by atoms with Gasteiger partial charge in [0.15, 0.2) is 11.5 Å². The molecule has 0 aliphatic rings. The summed E-state index contributed by atoms with van der Waals surface area (Å²) < 4.78 is 16.5. The van der Waals surface area contributed by atoms with Gasteiger partial charge in [0.1, 0.15) is 0 Å². The van der Waals surface area contributed by atoms with Crippen molar-refractivity contribution >= 4 is 22.8 Å². The topological polar surface area (TPSA) is 96.7 Å². The molecule has 0 radical (unpaired) electrons. The number of hydrogen-bond donors (Lipinski definition) is 0. The standard InChI is InChI=1S/C20H18N2O6/c1-26-17-11-13(20(25)27-2)7-8-16(17)28-18(23)9-10-22-12-21-15-6-4-3-5-14(15)19(22)24/h3-8,11-12H,9-10H2,1-2H3. The molecule has 28 heavy (non-hydrogen) atoms. The Kier molecular flexibility index (Phi) is 5.69. The van der Waals surface area contributed by atoms with Gasteiger partial charge in [-0.25, -0.2) is 9.78 Å². The van der Waals surface area contributed by atoms with Gasteiger partial charge in [0, 0.05) is 6.54 Å². The molecular formula is C20H18N2O6. The van der Waals surface area contributed by atoms with Crippen LogP contribution in [0, 0.1) is 0 Å². The van der Waals surface area contributed by atoms with Crippen LogP contribution in [-0.2, 0) is 16.1 Å². The number of hydrogen-bond acceptors (Lipinski definition) is 7. The van der Waals surface area contributed by atoms with E-state index in [1.54, 1.807) is 24.3 Å². The maximum atomic E-state index is 12.4. The minimum Gasteiger partial charge on any atom is -0.493 e. The first-order chi connectivity index (χ1) is 13.5. The Hall–Kier alpha value is -3.68. The zero-order valence-electron chi connectivity index (χ0n) is 15.4. The number of aryl methyl sites for hydroxylation is 1. The Balaban J connectivity index is 1.70. The number of rotatable bonds is 6. The molecule has 144 valence electrons. The second-order valence-corrected chi connectivity index (χ2v) is 5.84. The summed E-state index contributed by atoms with van der Waals surface area (Å²) in [5.41, 5.74) is 0.646. The fraction of sp³-hybridized carbons (Fsp3) is 0.200. The molecule has 8 nitrogen and oxygen atoms in total. The van der Waals surface area contributed by atoms with Crippen LogP contribution < -0.4 is 15.0 Å². The van der Waals surface area contributed by atoms with E-state index in [4.69, 9.17) is 9.47 Å². The first-order valence-electron chi connectivity index (χ1n) is 8.44. The van der Waals surface area contributed by atoms with E-state index in [0.717, 1.165) is 0 Å². The first kappa shape index (κ1) is 19.1. The number of para-hydroxylation sites is 1. The highest BCUT2D eigenvalue weighted by molar-refractivity contribution is 5.90. The third kappa shape index (κ3) is 4.01. The van der Waals surface area contributed by atoms with Crippen LogP contribution in [0.2, 0.25) is 0 Å². The van der Waals surface area contributed by atoms with Gasteiger partial charge < -0.3 is 14.2 Å². The van der Waals surface area contributed by atoms with Crippen molar-refractivity contribution in [2.75, 3.05) is 14.2 Å². The summed E-state index contributed by atoms with van der Waals surface area (Å²) in [6.45, 7) is 0.123. The van der Waals surface area contributed by atoms with Crippen molar-refractivity contribution in [1.82, 2.24) is 9.55 Å². The third-order valence-electron chi connectivity index (χ3n) is 4.10. The quantitative estimate of drug-likeness (QED) is 0.476. The second kappa shape index (κ2) is 8.34. The molecule has 3 aromatic rings. The SMILES string of the molecule is COC(=O)c1ccc(OC(=O)CCn2cnc3ccccc3c2=O)c(OC)c1. The van der Waals surface area contributed by atoms with E-state index in [1.165, 1.54) is 43.3 Å². The van der Waals surface area contributed by atoms with E-state index < -0.39 is 11.9 Å². The van der Waals surface area contributed by atoms with Gasteiger partial charge in [-0.05, 0) is 30.3 Å². The average Bonchev–Trinajstić information content (AvgIpc) is 2.73. The molecule has 3 rings (SSSR count).